The Balaban J connectivity index is 1.48. The molecule has 8 aromatic rings. The lowest BCUT2D eigenvalue weighted by Gasteiger charge is -2.12. The molecule has 0 saturated carbocycles. The summed E-state index contributed by atoms with van der Waals surface area (Å²) < 4.78 is 4.89. The average molecular weight is 532 g/mol. The van der Waals surface area contributed by atoms with Gasteiger partial charge in [-0.25, -0.2) is 4.98 Å². The van der Waals surface area contributed by atoms with Gasteiger partial charge < -0.3 is 0 Å². The second kappa shape index (κ2) is 8.87. The fourth-order valence-corrected chi connectivity index (χ4v) is 7.29. The Kier molecular flexibility index (Phi) is 5.13. The maximum absolute atomic E-state index is 5.33. The molecule has 0 aliphatic carbocycles. The molecule has 190 valence electrons. The summed E-state index contributed by atoms with van der Waals surface area (Å²) in [6.45, 7) is 4.28. The predicted molar refractivity (Wildman–Crippen MR) is 170 cm³/mol. The van der Waals surface area contributed by atoms with Gasteiger partial charge in [0, 0.05) is 36.8 Å². The summed E-state index contributed by atoms with van der Waals surface area (Å²) in [5, 5.41) is 3.71. The molecule has 4 heteroatoms. The molecule has 3 heterocycles. The summed E-state index contributed by atoms with van der Waals surface area (Å²) in [5.74, 6) is 0.947. The van der Waals surface area contributed by atoms with Crippen molar-refractivity contribution in [3.63, 3.8) is 0 Å². The molecular formula is C36H25N3S. The third-order valence-electron chi connectivity index (χ3n) is 7.86. The van der Waals surface area contributed by atoms with E-state index < -0.39 is 0 Å². The maximum atomic E-state index is 5.33. The Morgan fingerprint density at radius 3 is 2.23 bits per heavy atom. The average Bonchev–Trinajstić information content (AvgIpc) is 3.59. The van der Waals surface area contributed by atoms with Crippen molar-refractivity contribution in [2.45, 2.75) is 13.8 Å². The molecule has 0 saturated heterocycles. The predicted octanol–water partition coefficient (Wildman–Crippen LogP) is 9.89. The van der Waals surface area contributed by atoms with Crippen LogP contribution in [0.2, 0.25) is 0 Å². The van der Waals surface area contributed by atoms with Crippen molar-refractivity contribution in [3.05, 3.63) is 127 Å². The standard InChI is InChI=1S/C36H25N3S/c1-22-17-19-29(35-32(22)28-20-18-25(21-31(28)40-35)24-11-5-3-6-12-24)36-38-33-23(2)37-30-16-10-9-15-27(30)34(33)39(36)26-13-7-4-8-14-26/h3-21H,1-2H3. The van der Waals surface area contributed by atoms with Crippen LogP contribution in [0.4, 0.5) is 0 Å². The molecule has 0 fully saturated rings. The number of fused-ring (bicyclic) bond motifs is 6. The van der Waals surface area contributed by atoms with Crippen molar-refractivity contribution in [3.8, 4) is 28.2 Å². The van der Waals surface area contributed by atoms with Crippen molar-refractivity contribution in [2.24, 2.45) is 0 Å². The SMILES string of the molecule is Cc1nc2ccccc2c2c1nc(-c1ccc(C)c3c1sc1cc(-c4ccccc4)ccc13)n2-c1ccccc1. The van der Waals surface area contributed by atoms with Gasteiger partial charge in [-0.05, 0) is 60.9 Å². The van der Waals surface area contributed by atoms with E-state index in [0.717, 1.165) is 44.7 Å². The first-order chi connectivity index (χ1) is 19.7. The highest BCUT2D eigenvalue weighted by Crippen LogP contribution is 2.44. The number of imidazole rings is 1. The Morgan fingerprint density at radius 2 is 1.40 bits per heavy atom. The van der Waals surface area contributed by atoms with Crippen LogP contribution < -0.4 is 0 Å². The molecule has 0 atom stereocenters. The van der Waals surface area contributed by atoms with Crippen LogP contribution in [0, 0.1) is 13.8 Å². The van der Waals surface area contributed by atoms with E-state index in [9.17, 15) is 0 Å². The normalized spacial score (nSPS) is 11.8. The molecular weight excluding hydrogens is 506 g/mol. The number of para-hydroxylation sites is 2. The van der Waals surface area contributed by atoms with E-state index in [4.69, 9.17) is 9.97 Å². The number of hydrogen-bond donors (Lipinski definition) is 0. The third kappa shape index (κ3) is 3.43. The number of benzene rings is 5. The van der Waals surface area contributed by atoms with Crippen molar-refractivity contribution in [1.82, 2.24) is 14.5 Å². The van der Waals surface area contributed by atoms with Crippen molar-refractivity contribution >= 4 is 53.4 Å². The van der Waals surface area contributed by atoms with Gasteiger partial charge in [0.25, 0.3) is 0 Å². The molecule has 0 unspecified atom stereocenters. The topological polar surface area (TPSA) is 30.7 Å². The zero-order valence-corrected chi connectivity index (χ0v) is 23.0. The molecule has 0 spiro atoms. The molecule has 3 aromatic heterocycles. The van der Waals surface area contributed by atoms with Gasteiger partial charge in [-0.2, -0.15) is 0 Å². The first-order valence-electron chi connectivity index (χ1n) is 13.5. The lowest BCUT2D eigenvalue weighted by atomic mass is 10.0. The minimum atomic E-state index is 0.942. The number of rotatable bonds is 3. The summed E-state index contributed by atoms with van der Waals surface area (Å²) in [6, 6.07) is 40.9. The number of aryl methyl sites for hydroxylation is 2. The quantitative estimate of drug-likeness (QED) is 0.227. The number of thiophene rings is 1. The molecule has 3 nitrogen and oxygen atoms in total. The Labute approximate surface area is 236 Å². The Bertz CT molecular complexity index is 2220. The highest BCUT2D eigenvalue weighted by molar-refractivity contribution is 7.26. The van der Waals surface area contributed by atoms with Crippen molar-refractivity contribution < 1.29 is 0 Å². The van der Waals surface area contributed by atoms with E-state index in [1.54, 1.807) is 0 Å². The van der Waals surface area contributed by atoms with Crippen LogP contribution in [0.5, 0.6) is 0 Å². The minimum absolute atomic E-state index is 0.942. The van der Waals surface area contributed by atoms with Crippen LogP contribution in [0.3, 0.4) is 0 Å². The summed E-state index contributed by atoms with van der Waals surface area (Å²) in [7, 11) is 0. The van der Waals surface area contributed by atoms with Crippen molar-refractivity contribution in [1.29, 1.82) is 0 Å². The zero-order valence-electron chi connectivity index (χ0n) is 22.2. The monoisotopic (exact) mass is 531 g/mol. The van der Waals surface area contributed by atoms with E-state index in [1.165, 1.54) is 36.9 Å². The van der Waals surface area contributed by atoms with Gasteiger partial charge in [-0.15, -0.1) is 11.3 Å². The van der Waals surface area contributed by atoms with Gasteiger partial charge in [-0.1, -0.05) is 84.9 Å². The van der Waals surface area contributed by atoms with Gasteiger partial charge in [-0.3, -0.25) is 9.55 Å². The number of hydrogen-bond acceptors (Lipinski definition) is 3. The van der Waals surface area contributed by atoms with E-state index in [-0.39, 0.29) is 0 Å². The molecule has 0 radical (unpaired) electrons. The summed E-state index contributed by atoms with van der Waals surface area (Å²) in [6.07, 6.45) is 0. The number of aromatic nitrogens is 3. The Hall–Kier alpha value is -4.80. The minimum Gasteiger partial charge on any atom is -0.292 e. The van der Waals surface area contributed by atoms with Crippen LogP contribution in [-0.2, 0) is 0 Å². The first-order valence-corrected chi connectivity index (χ1v) is 14.3. The van der Waals surface area contributed by atoms with E-state index in [1.807, 2.05) is 11.3 Å². The van der Waals surface area contributed by atoms with Crippen LogP contribution >= 0.6 is 11.3 Å². The first kappa shape index (κ1) is 23.1. The highest BCUT2D eigenvalue weighted by atomic mass is 32.1. The van der Waals surface area contributed by atoms with Gasteiger partial charge in [0.1, 0.15) is 11.3 Å². The number of pyridine rings is 1. The van der Waals surface area contributed by atoms with E-state index in [2.05, 4.69) is 134 Å². The van der Waals surface area contributed by atoms with E-state index in [0.29, 0.717) is 0 Å². The van der Waals surface area contributed by atoms with Gasteiger partial charge >= 0.3 is 0 Å². The maximum Gasteiger partial charge on any atom is 0.147 e. The fourth-order valence-electron chi connectivity index (χ4n) is 5.97. The second-order valence-electron chi connectivity index (χ2n) is 10.3. The van der Waals surface area contributed by atoms with Crippen molar-refractivity contribution in [2.75, 3.05) is 0 Å². The molecule has 0 aliphatic rings. The lowest BCUT2D eigenvalue weighted by molar-refractivity contribution is 1.11. The van der Waals surface area contributed by atoms with Crippen LogP contribution in [0.15, 0.2) is 115 Å². The van der Waals surface area contributed by atoms with Gasteiger partial charge in [0.2, 0.25) is 0 Å². The second-order valence-corrected chi connectivity index (χ2v) is 11.4. The third-order valence-corrected chi connectivity index (χ3v) is 9.04. The zero-order chi connectivity index (χ0) is 26.8. The van der Waals surface area contributed by atoms with Gasteiger partial charge in [0.05, 0.1) is 16.7 Å². The van der Waals surface area contributed by atoms with Gasteiger partial charge in [0.15, 0.2) is 0 Å². The fraction of sp³-hybridized carbons (Fsp3) is 0.0556. The number of nitrogens with zero attached hydrogens (tertiary/aromatic N) is 3. The van der Waals surface area contributed by atoms with Crippen LogP contribution in [-0.4, -0.2) is 14.5 Å². The largest absolute Gasteiger partial charge is 0.292 e. The summed E-state index contributed by atoms with van der Waals surface area (Å²) in [4.78, 5) is 10.3. The summed E-state index contributed by atoms with van der Waals surface area (Å²) >= 11 is 1.86. The van der Waals surface area contributed by atoms with E-state index >= 15 is 0 Å². The molecule has 40 heavy (non-hydrogen) atoms. The molecule has 0 N–H and O–H groups in total. The highest BCUT2D eigenvalue weighted by Gasteiger charge is 2.22. The molecule has 0 bridgehead atoms. The van der Waals surface area contributed by atoms with Crippen LogP contribution in [0.25, 0.3) is 70.3 Å². The smallest absolute Gasteiger partial charge is 0.147 e. The summed E-state index contributed by atoms with van der Waals surface area (Å²) in [5.41, 5.74) is 9.97. The lowest BCUT2D eigenvalue weighted by Crippen LogP contribution is -1.98. The molecule has 5 aromatic carbocycles. The molecule has 0 amide bonds. The molecule has 8 rings (SSSR count). The van der Waals surface area contributed by atoms with Crippen LogP contribution in [0.1, 0.15) is 11.3 Å². The molecule has 0 aliphatic heterocycles. The Morgan fingerprint density at radius 1 is 0.650 bits per heavy atom.